The van der Waals surface area contributed by atoms with Gasteiger partial charge in [0.05, 0.1) is 16.5 Å². The molecule has 1 aliphatic rings. The second-order valence-electron chi connectivity index (χ2n) is 7.40. The van der Waals surface area contributed by atoms with Crippen LogP contribution in [0.4, 0.5) is 18.9 Å². The van der Waals surface area contributed by atoms with E-state index in [2.05, 4.69) is 9.47 Å². The fourth-order valence-electron chi connectivity index (χ4n) is 4.05. The molecule has 0 saturated heterocycles. The van der Waals surface area contributed by atoms with Crippen LogP contribution in [0.5, 0.6) is 0 Å². The van der Waals surface area contributed by atoms with Crippen molar-refractivity contribution in [3.8, 4) is 0 Å². The van der Waals surface area contributed by atoms with Gasteiger partial charge in [-0.2, -0.15) is 13.2 Å². The second kappa shape index (κ2) is 7.95. The molecule has 1 unspecified atom stereocenters. The molecular weight excluding hydrogens is 395 g/mol. The van der Waals surface area contributed by atoms with Crippen molar-refractivity contribution in [2.45, 2.75) is 31.7 Å². The fourth-order valence-corrected chi connectivity index (χ4v) is 4.05. The van der Waals surface area contributed by atoms with Crippen LogP contribution in [0.15, 0.2) is 66.9 Å². The first kappa shape index (κ1) is 20.2. The average molecular weight is 415 g/mol. The smallest absolute Gasteiger partial charge is 0.350 e. The second-order valence-corrected chi connectivity index (χ2v) is 7.40. The number of fused-ring (bicyclic) bond motifs is 1. The lowest BCUT2D eigenvalue weighted by Gasteiger charge is -2.31. The van der Waals surface area contributed by atoms with Crippen molar-refractivity contribution in [1.82, 2.24) is 9.47 Å². The summed E-state index contributed by atoms with van der Waals surface area (Å²) >= 11 is 0. The van der Waals surface area contributed by atoms with Crippen molar-refractivity contribution in [2.75, 3.05) is 6.54 Å². The van der Waals surface area contributed by atoms with Crippen molar-refractivity contribution in [3.05, 3.63) is 99.4 Å². The molecule has 3 aromatic rings. The van der Waals surface area contributed by atoms with Gasteiger partial charge in [-0.05, 0) is 41.8 Å². The zero-order valence-electron chi connectivity index (χ0n) is 16.0. The van der Waals surface area contributed by atoms with Crippen LogP contribution in [0, 0.1) is 10.1 Å². The highest BCUT2D eigenvalue weighted by molar-refractivity contribution is 5.36. The molecule has 1 atom stereocenters. The number of aryl methyl sites for hydroxylation is 1. The van der Waals surface area contributed by atoms with E-state index in [9.17, 15) is 23.3 Å². The minimum absolute atomic E-state index is 0.0248. The quantitative estimate of drug-likeness (QED) is 0.423. The lowest BCUT2D eigenvalue weighted by molar-refractivity contribution is -0.384. The SMILES string of the molecule is O=[N+]([O-])c1cccc(CN2CCCn3cccc3C2c2ccc(C(F)(F)F)cc2)c1. The lowest BCUT2D eigenvalue weighted by atomic mass is 9.99. The molecule has 1 aliphatic heterocycles. The fraction of sp³-hybridized carbons (Fsp3) is 0.273. The van der Waals surface area contributed by atoms with E-state index in [4.69, 9.17) is 0 Å². The Morgan fingerprint density at radius 2 is 1.80 bits per heavy atom. The zero-order valence-corrected chi connectivity index (χ0v) is 16.0. The van der Waals surface area contributed by atoms with Crippen LogP contribution in [0.25, 0.3) is 0 Å². The van der Waals surface area contributed by atoms with E-state index in [1.807, 2.05) is 24.4 Å². The summed E-state index contributed by atoms with van der Waals surface area (Å²) in [5.74, 6) is 0. The highest BCUT2D eigenvalue weighted by Crippen LogP contribution is 2.35. The van der Waals surface area contributed by atoms with Crippen LogP contribution in [0.3, 0.4) is 0 Å². The van der Waals surface area contributed by atoms with Crippen molar-refractivity contribution >= 4 is 5.69 Å². The van der Waals surface area contributed by atoms with Gasteiger partial charge in [0, 0.05) is 43.7 Å². The Bertz CT molecular complexity index is 1040. The maximum atomic E-state index is 13.0. The number of hydrogen-bond donors (Lipinski definition) is 0. The summed E-state index contributed by atoms with van der Waals surface area (Å²) in [5, 5.41) is 11.1. The summed E-state index contributed by atoms with van der Waals surface area (Å²) in [4.78, 5) is 12.9. The van der Waals surface area contributed by atoms with Crippen LogP contribution in [-0.4, -0.2) is 20.9 Å². The first-order valence-electron chi connectivity index (χ1n) is 9.62. The van der Waals surface area contributed by atoms with Crippen molar-refractivity contribution < 1.29 is 18.1 Å². The number of nitro benzene ring substituents is 1. The standard InChI is InChI=1S/C22H20F3N3O2/c23-22(24,25)18-9-7-17(8-10-18)21-20-6-2-11-26(20)12-3-13-27(21)15-16-4-1-5-19(14-16)28(29)30/h1-2,4-11,14,21H,3,12-13,15H2. The number of rotatable bonds is 4. The summed E-state index contributed by atoms with van der Waals surface area (Å²) in [6.45, 7) is 1.99. The number of nitro groups is 1. The van der Waals surface area contributed by atoms with Crippen LogP contribution >= 0.6 is 0 Å². The van der Waals surface area contributed by atoms with Gasteiger partial charge >= 0.3 is 6.18 Å². The number of alkyl halides is 3. The monoisotopic (exact) mass is 415 g/mol. The molecule has 0 amide bonds. The third kappa shape index (κ3) is 4.09. The Morgan fingerprint density at radius 3 is 2.50 bits per heavy atom. The number of halogens is 3. The molecule has 0 bridgehead atoms. The summed E-state index contributed by atoms with van der Waals surface area (Å²) in [6, 6.07) is 15.4. The molecule has 30 heavy (non-hydrogen) atoms. The van der Waals surface area contributed by atoms with E-state index in [0.717, 1.165) is 48.5 Å². The van der Waals surface area contributed by atoms with Gasteiger partial charge in [0.1, 0.15) is 0 Å². The van der Waals surface area contributed by atoms with Gasteiger partial charge in [-0.3, -0.25) is 15.0 Å². The molecule has 5 nitrogen and oxygen atoms in total. The van der Waals surface area contributed by atoms with Gasteiger partial charge in [0.2, 0.25) is 0 Å². The van der Waals surface area contributed by atoms with Crippen molar-refractivity contribution in [1.29, 1.82) is 0 Å². The maximum absolute atomic E-state index is 13.0. The minimum atomic E-state index is -4.38. The number of hydrogen-bond acceptors (Lipinski definition) is 3. The lowest BCUT2D eigenvalue weighted by Crippen LogP contribution is -2.29. The highest BCUT2D eigenvalue weighted by atomic mass is 19.4. The number of benzene rings is 2. The first-order valence-corrected chi connectivity index (χ1v) is 9.62. The van der Waals surface area contributed by atoms with E-state index < -0.39 is 16.7 Å². The molecule has 156 valence electrons. The molecular formula is C22H20F3N3O2. The molecule has 1 aromatic heterocycles. The Kier molecular flexibility index (Phi) is 5.34. The minimum Gasteiger partial charge on any atom is -0.350 e. The molecule has 0 radical (unpaired) electrons. The third-order valence-electron chi connectivity index (χ3n) is 5.42. The molecule has 8 heteroatoms. The van der Waals surface area contributed by atoms with E-state index in [0.29, 0.717) is 6.54 Å². The van der Waals surface area contributed by atoms with Gasteiger partial charge in [-0.25, -0.2) is 0 Å². The van der Waals surface area contributed by atoms with Crippen LogP contribution < -0.4 is 0 Å². The predicted molar refractivity (Wildman–Crippen MR) is 106 cm³/mol. The molecule has 2 aromatic carbocycles. The number of non-ortho nitro benzene ring substituents is 1. The third-order valence-corrected chi connectivity index (χ3v) is 5.42. The maximum Gasteiger partial charge on any atom is 0.416 e. The Morgan fingerprint density at radius 1 is 1.03 bits per heavy atom. The van der Waals surface area contributed by atoms with Crippen LogP contribution in [0.1, 0.15) is 34.8 Å². The molecule has 0 aliphatic carbocycles. The van der Waals surface area contributed by atoms with Gasteiger partial charge in [0.15, 0.2) is 0 Å². The molecule has 0 spiro atoms. The van der Waals surface area contributed by atoms with E-state index in [1.165, 1.54) is 18.2 Å². The van der Waals surface area contributed by atoms with Crippen LogP contribution in [0.2, 0.25) is 0 Å². The van der Waals surface area contributed by atoms with E-state index >= 15 is 0 Å². The number of aromatic nitrogens is 1. The largest absolute Gasteiger partial charge is 0.416 e. The predicted octanol–water partition coefficient (Wildman–Crippen LogP) is 5.41. The summed E-state index contributed by atoms with van der Waals surface area (Å²) < 4.78 is 41.2. The molecule has 0 saturated carbocycles. The zero-order chi connectivity index (χ0) is 21.3. The number of nitrogens with zero attached hydrogens (tertiary/aromatic N) is 3. The normalized spacial score (nSPS) is 17.4. The van der Waals surface area contributed by atoms with Gasteiger partial charge in [-0.15, -0.1) is 0 Å². The molecule has 2 heterocycles. The summed E-state index contributed by atoms with van der Waals surface area (Å²) in [6.07, 6.45) is -1.54. The Balaban J connectivity index is 1.71. The highest BCUT2D eigenvalue weighted by Gasteiger charge is 2.32. The van der Waals surface area contributed by atoms with Crippen molar-refractivity contribution in [2.24, 2.45) is 0 Å². The van der Waals surface area contributed by atoms with Crippen molar-refractivity contribution in [3.63, 3.8) is 0 Å². The first-order chi connectivity index (χ1) is 14.3. The molecule has 4 rings (SSSR count). The van der Waals surface area contributed by atoms with Gasteiger partial charge < -0.3 is 4.57 Å². The average Bonchev–Trinajstić information content (AvgIpc) is 3.09. The molecule has 0 fully saturated rings. The van der Waals surface area contributed by atoms with Gasteiger partial charge in [0.25, 0.3) is 5.69 Å². The van der Waals surface area contributed by atoms with Crippen LogP contribution in [-0.2, 0) is 19.3 Å². The summed E-state index contributed by atoms with van der Waals surface area (Å²) in [7, 11) is 0. The van der Waals surface area contributed by atoms with E-state index in [1.54, 1.807) is 12.1 Å². The van der Waals surface area contributed by atoms with E-state index in [-0.39, 0.29) is 11.7 Å². The Labute approximate surface area is 171 Å². The topological polar surface area (TPSA) is 51.3 Å². The van der Waals surface area contributed by atoms with Gasteiger partial charge in [-0.1, -0.05) is 24.3 Å². The molecule has 0 N–H and O–H groups in total. The summed E-state index contributed by atoms with van der Waals surface area (Å²) in [5.41, 5.74) is 1.89. The Hall–Kier alpha value is -3.13.